The number of hydrogen-bond acceptors (Lipinski definition) is 6. The number of nitrogens with two attached hydrogens (primary N) is 1. The third-order valence-electron chi connectivity index (χ3n) is 6.12. The summed E-state index contributed by atoms with van der Waals surface area (Å²) in [6, 6.07) is 16.6. The van der Waals surface area contributed by atoms with E-state index in [-0.39, 0.29) is 47.7 Å². The number of Topliss-reactive ketones (excluding diaryl/α,β-unsaturated/α-hetero) is 1. The molecular formula is C31H27F2N3O4. The van der Waals surface area contributed by atoms with Gasteiger partial charge in [-0.05, 0) is 71.1 Å². The summed E-state index contributed by atoms with van der Waals surface area (Å²) >= 11 is 0. The number of ketones is 1. The molecule has 7 nitrogen and oxygen atoms in total. The fraction of sp³-hybridized carbons (Fsp3) is 0.161. The third kappa shape index (κ3) is 6.81. The van der Waals surface area contributed by atoms with Crippen molar-refractivity contribution in [2.75, 3.05) is 11.9 Å². The van der Waals surface area contributed by atoms with Gasteiger partial charge in [-0.15, -0.1) is 0 Å². The molecule has 3 aromatic carbocycles. The molecule has 4 aromatic rings. The second-order valence-corrected chi connectivity index (χ2v) is 9.04. The minimum Gasteiger partial charge on any atom is -0.462 e. The molecule has 0 radical (unpaired) electrons. The number of anilines is 1. The average Bonchev–Trinajstić information content (AvgIpc) is 2.96. The normalized spacial score (nSPS) is 10.7. The monoisotopic (exact) mass is 543 g/mol. The van der Waals surface area contributed by atoms with Crippen molar-refractivity contribution in [2.45, 2.75) is 26.3 Å². The molecule has 0 fully saturated rings. The van der Waals surface area contributed by atoms with Crippen molar-refractivity contribution in [2.24, 2.45) is 5.73 Å². The first-order chi connectivity index (χ1) is 19.3. The molecule has 9 heteroatoms. The number of amides is 1. The molecule has 0 bridgehead atoms. The molecular weight excluding hydrogens is 516 g/mol. The van der Waals surface area contributed by atoms with E-state index in [2.05, 4.69) is 10.3 Å². The number of pyridine rings is 1. The zero-order chi connectivity index (χ0) is 28.6. The third-order valence-corrected chi connectivity index (χ3v) is 6.12. The summed E-state index contributed by atoms with van der Waals surface area (Å²) < 4.78 is 33.3. The molecule has 3 N–H and O–H groups in total. The lowest BCUT2D eigenvalue weighted by Gasteiger charge is -2.13. The molecule has 0 aliphatic rings. The molecule has 0 saturated heterocycles. The summed E-state index contributed by atoms with van der Waals surface area (Å²) in [7, 11) is 0. The van der Waals surface area contributed by atoms with Gasteiger partial charge < -0.3 is 15.8 Å². The Kier molecular flexibility index (Phi) is 9.08. The number of benzene rings is 3. The number of nitrogens with zero attached hydrogens (tertiary/aromatic N) is 1. The van der Waals surface area contributed by atoms with Gasteiger partial charge in [0.2, 0.25) is 0 Å². The highest BCUT2D eigenvalue weighted by atomic mass is 19.1. The van der Waals surface area contributed by atoms with Gasteiger partial charge in [-0.25, -0.2) is 13.6 Å². The predicted molar refractivity (Wildman–Crippen MR) is 147 cm³/mol. The van der Waals surface area contributed by atoms with Gasteiger partial charge >= 0.3 is 5.97 Å². The summed E-state index contributed by atoms with van der Waals surface area (Å²) in [6.45, 7) is 2.22. The maximum Gasteiger partial charge on any atom is 0.338 e. The zero-order valence-electron chi connectivity index (χ0n) is 21.7. The molecule has 0 aliphatic carbocycles. The zero-order valence-corrected chi connectivity index (χ0v) is 21.7. The van der Waals surface area contributed by atoms with Crippen LogP contribution in [0.5, 0.6) is 0 Å². The first kappa shape index (κ1) is 28.3. The smallest absolute Gasteiger partial charge is 0.338 e. The number of rotatable bonds is 10. The summed E-state index contributed by atoms with van der Waals surface area (Å²) in [6.07, 6.45) is 2.96. The minimum atomic E-state index is -0.698. The van der Waals surface area contributed by atoms with Crippen LogP contribution in [-0.4, -0.2) is 29.3 Å². The number of esters is 1. The van der Waals surface area contributed by atoms with Crippen LogP contribution in [0.25, 0.3) is 11.1 Å². The van der Waals surface area contributed by atoms with Crippen molar-refractivity contribution in [1.29, 1.82) is 0 Å². The highest BCUT2D eigenvalue weighted by molar-refractivity contribution is 6.06. The highest BCUT2D eigenvalue weighted by Crippen LogP contribution is 2.27. The van der Waals surface area contributed by atoms with Crippen LogP contribution in [0.4, 0.5) is 14.5 Å². The Morgan fingerprint density at radius 3 is 2.50 bits per heavy atom. The lowest BCUT2D eigenvalue weighted by Crippen LogP contribution is -2.13. The number of nitrogens with one attached hydrogen (secondary N) is 1. The standard InChI is InChI=1S/C31H27F2N3O4/c1-2-10-40-31(39)24-12-25(32)16-26(13-24)36-30(38)22-5-3-4-19(11-22)27-14-21(6-7-23(27)17-34)29(37)15-20-8-9-35-18-28(20)33/h3-9,11-14,16,18H,2,10,15,17,34H2,1H3,(H,36,38). The van der Waals surface area contributed by atoms with Crippen LogP contribution < -0.4 is 11.1 Å². The van der Waals surface area contributed by atoms with E-state index in [9.17, 15) is 23.2 Å². The molecule has 1 aromatic heterocycles. The van der Waals surface area contributed by atoms with Crippen LogP contribution in [0.15, 0.2) is 79.1 Å². The van der Waals surface area contributed by atoms with Crippen molar-refractivity contribution in [3.63, 3.8) is 0 Å². The van der Waals surface area contributed by atoms with E-state index < -0.39 is 23.5 Å². The number of carbonyl (C=O) groups excluding carboxylic acids is 3. The fourth-order valence-electron chi connectivity index (χ4n) is 4.11. The predicted octanol–water partition coefficient (Wildman–Crippen LogP) is 5.73. The fourth-order valence-corrected chi connectivity index (χ4v) is 4.11. The van der Waals surface area contributed by atoms with Crippen LogP contribution >= 0.6 is 0 Å². The van der Waals surface area contributed by atoms with E-state index in [1.807, 2.05) is 6.92 Å². The van der Waals surface area contributed by atoms with Crippen molar-refractivity contribution in [1.82, 2.24) is 4.98 Å². The van der Waals surface area contributed by atoms with Gasteiger partial charge in [-0.1, -0.05) is 31.2 Å². The number of ether oxygens (including phenoxy) is 1. The average molecular weight is 544 g/mol. The minimum absolute atomic E-state index is 0.0155. The van der Waals surface area contributed by atoms with Gasteiger partial charge in [0.05, 0.1) is 18.4 Å². The molecule has 1 amide bonds. The number of aromatic nitrogens is 1. The van der Waals surface area contributed by atoms with Crippen molar-refractivity contribution in [3.8, 4) is 11.1 Å². The first-order valence-corrected chi connectivity index (χ1v) is 12.6. The lowest BCUT2D eigenvalue weighted by atomic mass is 9.93. The molecule has 40 heavy (non-hydrogen) atoms. The summed E-state index contributed by atoms with van der Waals surface area (Å²) in [4.78, 5) is 41.9. The van der Waals surface area contributed by atoms with Gasteiger partial charge in [0.1, 0.15) is 11.6 Å². The van der Waals surface area contributed by atoms with E-state index in [1.54, 1.807) is 42.5 Å². The van der Waals surface area contributed by atoms with E-state index >= 15 is 0 Å². The van der Waals surface area contributed by atoms with E-state index in [1.165, 1.54) is 18.3 Å². The van der Waals surface area contributed by atoms with Crippen LogP contribution in [-0.2, 0) is 17.7 Å². The van der Waals surface area contributed by atoms with Gasteiger partial charge in [0.25, 0.3) is 5.91 Å². The van der Waals surface area contributed by atoms with Crippen molar-refractivity contribution in [3.05, 3.63) is 119 Å². The SMILES string of the molecule is CCCOC(=O)c1cc(F)cc(NC(=O)c2cccc(-c3cc(C(=O)Cc4ccncc4F)ccc3CN)c2)c1. The van der Waals surface area contributed by atoms with Crippen LogP contribution in [0.1, 0.15) is 55.5 Å². The van der Waals surface area contributed by atoms with Gasteiger partial charge in [-0.3, -0.25) is 14.6 Å². The van der Waals surface area contributed by atoms with E-state index in [4.69, 9.17) is 10.5 Å². The first-order valence-electron chi connectivity index (χ1n) is 12.6. The Balaban J connectivity index is 1.58. The molecule has 0 spiro atoms. The topological polar surface area (TPSA) is 111 Å². The van der Waals surface area contributed by atoms with Crippen LogP contribution in [0.2, 0.25) is 0 Å². The number of hydrogen-bond donors (Lipinski definition) is 2. The van der Waals surface area contributed by atoms with Crippen molar-refractivity contribution < 1.29 is 27.9 Å². The van der Waals surface area contributed by atoms with E-state index in [0.717, 1.165) is 23.9 Å². The molecule has 1 heterocycles. The Hall–Kier alpha value is -4.76. The molecule has 0 aliphatic heterocycles. The quantitative estimate of drug-likeness (QED) is 0.195. The molecule has 0 atom stereocenters. The molecule has 0 unspecified atom stereocenters. The second-order valence-electron chi connectivity index (χ2n) is 9.04. The molecule has 0 saturated carbocycles. The number of halogens is 2. The molecule has 204 valence electrons. The van der Waals surface area contributed by atoms with Crippen LogP contribution in [0.3, 0.4) is 0 Å². The largest absolute Gasteiger partial charge is 0.462 e. The summed E-state index contributed by atoms with van der Waals surface area (Å²) in [5.74, 6) is -2.76. The second kappa shape index (κ2) is 12.9. The van der Waals surface area contributed by atoms with Gasteiger partial charge in [-0.2, -0.15) is 0 Å². The van der Waals surface area contributed by atoms with Crippen LogP contribution in [0, 0.1) is 11.6 Å². The number of carbonyl (C=O) groups is 3. The van der Waals surface area contributed by atoms with Crippen molar-refractivity contribution >= 4 is 23.3 Å². The maximum atomic E-state index is 14.2. The summed E-state index contributed by atoms with van der Waals surface area (Å²) in [5, 5.41) is 2.61. The maximum absolute atomic E-state index is 14.2. The van der Waals surface area contributed by atoms with Gasteiger partial charge in [0, 0.05) is 36.0 Å². The Bertz CT molecular complexity index is 1570. The Morgan fingerprint density at radius 2 is 1.75 bits per heavy atom. The Labute approximate surface area is 230 Å². The molecule has 4 rings (SSSR count). The highest BCUT2D eigenvalue weighted by Gasteiger charge is 2.16. The van der Waals surface area contributed by atoms with Gasteiger partial charge in [0.15, 0.2) is 5.78 Å². The Morgan fingerprint density at radius 1 is 0.925 bits per heavy atom. The van der Waals surface area contributed by atoms with E-state index in [0.29, 0.717) is 23.1 Å². The summed E-state index contributed by atoms with van der Waals surface area (Å²) in [5.41, 5.74) is 8.90. The lowest BCUT2D eigenvalue weighted by molar-refractivity contribution is 0.0504.